The molecule has 5 rings (SSSR count). The van der Waals surface area contributed by atoms with Crippen molar-refractivity contribution in [3.8, 4) is 11.1 Å². The van der Waals surface area contributed by atoms with Gasteiger partial charge in [0, 0.05) is 57.9 Å². The van der Waals surface area contributed by atoms with Crippen LogP contribution in [0.1, 0.15) is 22.3 Å². The second kappa shape index (κ2) is 12.3. The number of carbonyl (C=O) groups is 2. The fourth-order valence-corrected chi connectivity index (χ4v) is 4.96. The number of amides is 1. The molecule has 4 aromatic rings. The lowest BCUT2D eigenvalue weighted by atomic mass is 10.0. The summed E-state index contributed by atoms with van der Waals surface area (Å²) < 4.78 is 0. The average molecular weight is 537 g/mol. The first kappa shape index (κ1) is 26.7. The van der Waals surface area contributed by atoms with Gasteiger partial charge in [0.15, 0.2) is 0 Å². The SMILES string of the molecule is Nc1cc(-c2cccc(CN(CCC(=O)O)C(=O)c3cccnc3)c2)ccc1N1CCN(c2ccccn2)CC1. The van der Waals surface area contributed by atoms with Gasteiger partial charge >= 0.3 is 5.97 Å². The third-order valence-electron chi connectivity index (χ3n) is 7.05. The van der Waals surface area contributed by atoms with E-state index in [0.29, 0.717) is 11.3 Å². The molecule has 3 heterocycles. The zero-order chi connectivity index (χ0) is 27.9. The Bertz CT molecular complexity index is 1460. The molecule has 1 aliphatic heterocycles. The molecule has 1 amide bonds. The maximum atomic E-state index is 13.1. The van der Waals surface area contributed by atoms with Crippen molar-refractivity contribution in [3.05, 3.63) is 103 Å². The highest BCUT2D eigenvalue weighted by Crippen LogP contribution is 2.31. The number of aromatic nitrogens is 2. The lowest BCUT2D eigenvalue weighted by Crippen LogP contribution is -2.47. The molecule has 1 fully saturated rings. The summed E-state index contributed by atoms with van der Waals surface area (Å²) in [5, 5.41) is 9.21. The molecule has 1 saturated heterocycles. The van der Waals surface area contributed by atoms with Gasteiger partial charge in [-0.1, -0.05) is 30.3 Å². The molecule has 0 spiro atoms. The summed E-state index contributed by atoms with van der Waals surface area (Å²) in [5.74, 6) is -0.211. The Kier molecular flexibility index (Phi) is 8.20. The van der Waals surface area contributed by atoms with Crippen LogP contribution in [0.25, 0.3) is 11.1 Å². The molecule has 0 unspecified atom stereocenters. The summed E-state index contributed by atoms with van der Waals surface area (Å²) in [4.78, 5) is 39.0. The van der Waals surface area contributed by atoms with E-state index in [-0.39, 0.29) is 25.4 Å². The van der Waals surface area contributed by atoms with Crippen molar-refractivity contribution in [3.63, 3.8) is 0 Å². The van der Waals surface area contributed by atoms with Gasteiger partial charge < -0.3 is 25.5 Å². The van der Waals surface area contributed by atoms with E-state index in [1.54, 1.807) is 23.2 Å². The number of hydrogen-bond donors (Lipinski definition) is 2. The van der Waals surface area contributed by atoms with Crippen LogP contribution < -0.4 is 15.5 Å². The quantitative estimate of drug-likeness (QED) is 0.306. The summed E-state index contributed by atoms with van der Waals surface area (Å²) in [6.07, 6.45) is 4.77. The van der Waals surface area contributed by atoms with Crippen molar-refractivity contribution in [1.82, 2.24) is 14.9 Å². The molecule has 2 aromatic heterocycles. The van der Waals surface area contributed by atoms with Crippen LogP contribution >= 0.6 is 0 Å². The van der Waals surface area contributed by atoms with Crippen LogP contribution in [0.15, 0.2) is 91.4 Å². The number of nitrogen functional groups attached to an aromatic ring is 1. The van der Waals surface area contributed by atoms with Gasteiger partial charge in [0.2, 0.25) is 0 Å². The minimum absolute atomic E-state index is 0.0997. The number of hydrogen-bond acceptors (Lipinski definition) is 7. The topological polar surface area (TPSA) is 116 Å². The lowest BCUT2D eigenvalue weighted by Gasteiger charge is -2.37. The van der Waals surface area contributed by atoms with Crippen molar-refractivity contribution in [2.24, 2.45) is 0 Å². The predicted molar refractivity (Wildman–Crippen MR) is 156 cm³/mol. The number of aliphatic carboxylic acids is 1. The number of nitrogens with zero attached hydrogens (tertiary/aromatic N) is 5. The van der Waals surface area contributed by atoms with Crippen LogP contribution in [-0.2, 0) is 11.3 Å². The monoisotopic (exact) mass is 536 g/mol. The fraction of sp³-hybridized carbons (Fsp3) is 0.226. The molecule has 1 aliphatic rings. The van der Waals surface area contributed by atoms with Gasteiger partial charge in [-0.2, -0.15) is 0 Å². The first-order valence-corrected chi connectivity index (χ1v) is 13.3. The Morgan fingerprint density at radius 1 is 0.875 bits per heavy atom. The normalized spacial score (nSPS) is 13.2. The van der Waals surface area contributed by atoms with E-state index in [4.69, 9.17) is 5.73 Å². The van der Waals surface area contributed by atoms with Crippen LogP contribution in [0.3, 0.4) is 0 Å². The Balaban J connectivity index is 1.29. The molecule has 0 atom stereocenters. The maximum absolute atomic E-state index is 13.1. The number of nitrogens with two attached hydrogens (primary N) is 1. The molecule has 0 saturated carbocycles. The summed E-state index contributed by atoms with van der Waals surface area (Å²) >= 11 is 0. The highest BCUT2D eigenvalue weighted by atomic mass is 16.4. The third kappa shape index (κ3) is 6.37. The maximum Gasteiger partial charge on any atom is 0.305 e. The number of carbonyl (C=O) groups excluding carboxylic acids is 1. The minimum atomic E-state index is -0.952. The van der Waals surface area contributed by atoms with Crippen LogP contribution in [0, 0.1) is 0 Å². The number of piperazine rings is 1. The third-order valence-corrected chi connectivity index (χ3v) is 7.05. The second-order valence-corrected chi connectivity index (χ2v) is 9.75. The number of pyridine rings is 2. The van der Waals surface area contributed by atoms with Crippen LogP contribution in [0.5, 0.6) is 0 Å². The van der Waals surface area contributed by atoms with Gasteiger partial charge in [-0.3, -0.25) is 14.6 Å². The van der Waals surface area contributed by atoms with Gasteiger partial charge in [-0.25, -0.2) is 4.98 Å². The minimum Gasteiger partial charge on any atom is -0.481 e. The number of carboxylic acid groups (broad SMARTS) is 1. The predicted octanol–water partition coefficient (Wildman–Crippen LogP) is 4.17. The number of benzene rings is 2. The van der Waals surface area contributed by atoms with Crippen LogP contribution in [0.2, 0.25) is 0 Å². The van der Waals surface area contributed by atoms with E-state index in [1.807, 2.05) is 54.7 Å². The Morgan fingerprint density at radius 3 is 2.38 bits per heavy atom. The molecule has 9 nitrogen and oxygen atoms in total. The standard InChI is InChI=1S/C31H32N6O3/c32-27-20-25(9-10-28(27)35-15-17-36(18-16-35)29-8-1-2-13-34-29)24-6-3-5-23(19-24)22-37(14-11-30(38)39)31(40)26-7-4-12-33-21-26/h1-10,12-13,19-21H,11,14-18,22,32H2,(H,38,39). The summed E-state index contributed by atoms with van der Waals surface area (Å²) in [6.45, 7) is 3.83. The molecule has 0 aliphatic carbocycles. The van der Waals surface area contributed by atoms with Crippen molar-refractivity contribution in [2.45, 2.75) is 13.0 Å². The van der Waals surface area contributed by atoms with Crippen LogP contribution in [-0.4, -0.2) is 64.6 Å². The summed E-state index contributed by atoms with van der Waals surface area (Å²) in [6, 6.07) is 23.4. The Hall–Kier alpha value is -4.92. The Morgan fingerprint density at radius 2 is 1.68 bits per heavy atom. The van der Waals surface area contributed by atoms with E-state index in [1.165, 1.54) is 6.20 Å². The number of rotatable bonds is 9. The van der Waals surface area contributed by atoms with E-state index in [9.17, 15) is 14.7 Å². The molecule has 40 heavy (non-hydrogen) atoms. The summed E-state index contributed by atoms with van der Waals surface area (Å²) in [5.41, 5.74) is 11.5. The number of anilines is 3. The largest absolute Gasteiger partial charge is 0.481 e. The average Bonchev–Trinajstić information content (AvgIpc) is 3.00. The smallest absolute Gasteiger partial charge is 0.305 e. The molecule has 0 bridgehead atoms. The highest BCUT2D eigenvalue weighted by molar-refractivity contribution is 5.94. The molecule has 3 N–H and O–H groups in total. The number of carboxylic acids is 1. The van der Waals surface area contributed by atoms with Crippen molar-refractivity contribution in [1.29, 1.82) is 0 Å². The van der Waals surface area contributed by atoms with Crippen molar-refractivity contribution >= 4 is 29.1 Å². The molecule has 9 heteroatoms. The van der Waals surface area contributed by atoms with Gasteiger partial charge in [-0.05, 0) is 59.2 Å². The van der Waals surface area contributed by atoms with Crippen molar-refractivity contribution in [2.75, 3.05) is 48.3 Å². The molecule has 2 aromatic carbocycles. The van der Waals surface area contributed by atoms with Gasteiger partial charge in [-0.15, -0.1) is 0 Å². The molecule has 204 valence electrons. The van der Waals surface area contributed by atoms with Crippen molar-refractivity contribution < 1.29 is 14.7 Å². The van der Waals surface area contributed by atoms with E-state index in [0.717, 1.165) is 54.4 Å². The highest BCUT2D eigenvalue weighted by Gasteiger charge is 2.21. The fourth-order valence-electron chi connectivity index (χ4n) is 4.96. The zero-order valence-corrected chi connectivity index (χ0v) is 22.2. The van der Waals surface area contributed by atoms with Gasteiger partial charge in [0.1, 0.15) is 5.82 Å². The van der Waals surface area contributed by atoms with E-state index in [2.05, 4.69) is 31.9 Å². The first-order valence-electron chi connectivity index (χ1n) is 13.3. The first-order chi connectivity index (χ1) is 19.5. The van der Waals surface area contributed by atoms with Gasteiger partial charge in [0.25, 0.3) is 5.91 Å². The molecular weight excluding hydrogens is 504 g/mol. The summed E-state index contributed by atoms with van der Waals surface area (Å²) in [7, 11) is 0. The molecular formula is C31H32N6O3. The Labute approximate surface area is 233 Å². The van der Waals surface area contributed by atoms with Crippen LogP contribution in [0.4, 0.5) is 17.2 Å². The lowest BCUT2D eigenvalue weighted by molar-refractivity contribution is -0.137. The van der Waals surface area contributed by atoms with E-state index >= 15 is 0 Å². The van der Waals surface area contributed by atoms with E-state index < -0.39 is 5.97 Å². The molecule has 0 radical (unpaired) electrons. The second-order valence-electron chi connectivity index (χ2n) is 9.75. The zero-order valence-electron chi connectivity index (χ0n) is 22.2. The van der Waals surface area contributed by atoms with Gasteiger partial charge in [0.05, 0.1) is 23.4 Å².